The first-order valence-corrected chi connectivity index (χ1v) is 11.0. The van der Waals surface area contributed by atoms with Crippen LogP contribution >= 0.6 is 22.9 Å². The van der Waals surface area contributed by atoms with Crippen LogP contribution in [0.5, 0.6) is 0 Å². The first-order valence-electron chi connectivity index (χ1n) is 9.82. The van der Waals surface area contributed by atoms with Crippen molar-refractivity contribution in [1.82, 2.24) is 9.80 Å². The van der Waals surface area contributed by atoms with Crippen molar-refractivity contribution < 1.29 is 23.2 Å². The largest absolute Gasteiger partial charge is 0.459 e. The minimum Gasteiger partial charge on any atom is -0.459 e. The van der Waals surface area contributed by atoms with Gasteiger partial charge in [-0.15, -0.1) is 11.3 Å². The van der Waals surface area contributed by atoms with Crippen LogP contribution in [0.3, 0.4) is 0 Å². The molecule has 7 nitrogen and oxygen atoms in total. The zero-order valence-corrected chi connectivity index (χ0v) is 18.6. The summed E-state index contributed by atoms with van der Waals surface area (Å²) >= 11 is 7.20. The summed E-state index contributed by atoms with van der Waals surface area (Å²) < 4.78 is 18.3. The van der Waals surface area contributed by atoms with Gasteiger partial charge in [0.05, 0.1) is 26.7 Å². The molecule has 4 rings (SSSR count). The maximum atomic E-state index is 13.2. The number of thiophene rings is 1. The first kappa shape index (κ1) is 22.0. The third-order valence-electron chi connectivity index (χ3n) is 5.11. The lowest BCUT2D eigenvalue weighted by Crippen LogP contribution is -2.50. The smallest absolute Gasteiger partial charge is 0.291 e. The molecule has 0 saturated carbocycles. The second-order valence-corrected chi connectivity index (χ2v) is 8.72. The highest BCUT2D eigenvalue weighted by atomic mass is 35.5. The number of aryl methyl sites for hydroxylation is 1. The van der Waals surface area contributed by atoms with E-state index in [1.807, 2.05) is 6.92 Å². The van der Waals surface area contributed by atoms with E-state index in [2.05, 4.69) is 5.32 Å². The molecule has 1 saturated heterocycles. The van der Waals surface area contributed by atoms with E-state index in [0.29, 0.717) is 36.1 Å². The number of nitrogens with one attached hydrogen (secondary N) is 1. The van der Waals surface area contributed by atoms with E-state index in [-0.39, 0.29) is 34.1 Å². The van der Waals surface area contributed by atoms with E-state index in [4.69, 9.17) is 16.0 Å². The van der Waals surface area contributed by atoms with Crippen LogP contribution in [0.25, 0.3) is 0 Å². The fourth-order valence-corrected chi connectivity index (χ4v) is 4.71. The fraction of sp³-hybridized carbons (Fsp3) is 0.227. The number of nitrogens with zero attached hydrogens (tertiary/aromatic N) is 2. The molecule has 0 unspecified atom stereocenters. The van der Waals surface area contributed by atoms with Gasteiger partial charge in [-0.25, -0.2) is 4.39 Å². The third kappa shape index (κ3) is 4.53. The highest BCUT2D eigenvalue weighted by Gasteiger charge is 2.28. The van der Waals surface area contributed by atoms with Crippen LogP contribution in [0.15, 0.2) is 47.1 Å². The van der Waals surface area contributed by atoms with Crippen molar-refractivity contribution in [3.05, 3.63) is 75.3 Å². The molecule has 1 aliphatic heterocycles. The summed E-state index contributed by atoms with van der Waals surface area (Å²) in [5.74, 6) is -1.16. The number of amides is 3. The Morgan fingerprint density at radius 2 is 1.75 bits per heavy atom. The van der Waals surface area contributed by atoms with Gasteiger partial charge in [-0.1, -0.05) is 11.6 Å². The van der Waals surface area contributed by atoms with Gasteiger partial charge in [-0.05, 0) is 48.9 Å². The van der Waals surface area contributed by atoms with Crippen LogP contribution in [-0.2, 0) is 0 Å². The average molecular weight is 476 g/mol. The van der Waals surface area contributed by atoms with Gasteiger partial charge in [-0.2, -0.15) is 0 Å². The molecule has 0 spiro atoms. The standard InChI is InChI=1S/C22H19ClFN3O4S/c1-13-11-18(25-20(28)17-3-2-10-31-17)32-19(13)22(30)27-8-6-26(7-9-27)21(29)15-5-4-14(24)12-16(15)23/h2-5,10-12H,6-9H2,1H3,(H,25,28). The zero-order valence-electron chi connectivity index (χ0n) is 17.1. The van der Waals surface area contributed by atoms with Gasteiger partial charge in [0.1, 0.15) is 5.82 Å². The molecule has 3 amide bonds. The molecule has 0 radical (unpaired) electrons. The minimum absolute atomic E-state index is 0.0619. The summed E-state index contributed by atoms with van der Waals surface area (Å²) in [5, 5.41) is 3.35. The Labute approximate surface area is 192 Å². The van der Waals surface area contributed by atoms with E-state index in [1.165, 1.54) is 29.7 Å². The maximum absolute atomic E-state index is 13.2. The molecule has 166 valence electrons. The number of hydrogen-bond donors (Lipinski definition) is 1. The van der Waals surface area contributed by atoms with Crippen molar-refractivity contribution >= 4 is 45.7 Å². The normalized spacial score (nSPS) is 13.8. The number of carbonyl (C=O) groups excluding carboxylic acids is 3. The molecule has 1 fully saturated rings. The molecular formula is C22H19ClFN3O4S. The Morgan fingerprint density at radius 1 is 1.06 bits per heavy atom. The molecule has 0 bridgehead atoms. The fourth-order valence-electron chi connectivity index (χ4n) is 3.43. The van der Waals surface area contributed by atoms with Crippen molar-refractivity contribution in [2.24, 2.45) is 0 Å². The number of rotatable bonds is 4. The summed E-state index contributed by atoms with van der Waals surface area (Å²) in [6.07, 6.45) is 1.41. The number of hydrogen-bond acceptors (Lipinski definition) is 5. The monoisotopic (exact) mass is 475 g/mol. The second-order valence-electron chi connectivity index (χ2n) is 7.26. The molecule has 3 aromatic rings. The van der Waals surface area contributed by atoms with Gasteiger partial charge in [-0.3, -0.25) is 14.4 Å². The number of furan rings is 1. The first-order chi connectivity index (χ1) is 15.3. The molecule has 2 aromatic heterocycles. The molecule has 1 N–H and O–H groups in total. The molecule has 0 atom stereocenters. The van der Waals surface area contributed by atoms with Crippen molar-refractivity contribution in [2.75, 3.05) is 31.5 Å². The molecule has 1 aromatic carbocycles. The average Bonchev–Trinajstić information content (AvgIpc) is 3.43. The molecule has 3 heterocycles. The Bertz CT molecular complexity index is 1170. The minimum atomic E-state index is -0.506. The highest BCUT2D eigenvalue weighted by Crippen LogP contribution is 2.29. The van der Waals surface area contributed by atoms with E-state index in [0.717, 1.165) is 11.6 Å². The van der Waals surface area contributed by atoms with Crippen molar-refractivity contribution in [3.63, 3.8) is 0 Å². The third-order valence-corrected chi connectivity index (χ3v) is 6.56. The van der Waals surface area contributed by atoms with Gasteiger partial charge < -0.3 is 19.5 Å². The molecule has 0 aliphatic carbocycles. The number of anilines is 1. The van der Waals surface area contributed by atoms with Crippen molar-refractivity contribution in [1.29, 1.82) is 0 Å². The van der Waals surface area contributed by atoms with Gasteiger partial charge in [0.15, 0.2) is 5.76 Å². The van der Waals surface area contributed by atoms with Gasteiger partial charge in [0.25, 0.3) is 17.7 Å². The number of benzene rings is 1. The van der Waals surface area contributed by atoms with Crippen LogP contribution in [0, 0.1) is 12.7 Å². The maximum Gasteiger partial charge on any atom is 0.291 e. The SMILES string of the molecule is Cc1cc(NC(=O)c2ccco2)sc1C(=O)N1CCN(C(=O)c2ccc(F)cc2Cl)CC1. The summed E-state index contributed by atoms with van der Waals surface area (Å²) in [4.78, 5) is 41.7. The lowest BCUT2D eigenvalue weighted by atomic mass is 10.1. The molecule has 1 aliphatic rings. The van der Waals surface area contributed by atoms with E-state index in [9.17, 15) is 18.8 Å². The van der Waals surface area contributed by atoms with Crippen LogP contribution in [0.2, 0.25) is 5.02 Å². The summed E-state index contributed by atoms with van der Waals surface area (Å²) in [6.45, 7) is 3.20. The lowest BCUT2D eigenvalue weighted by molar-refractivity contribution is 0.0537. The predicted octanol–water partition coefficient (Wildman–Crippen LogP) is 4.29. The summed E-state index contributed by atoms with van der Waals surface area (Å²) in [5.41, 5.74) is 0.991. The Hall–Kier alpha value is -3.17. The lowest BCUT2D eigenvalue weighted by Gasteiger charge is -2.34. The van der Waals surface area contributed by atoms with Gasteiger partial charge >= 0.3 is 0 Å². The number of piperazine rings is 1. The molecule has 32 heavy (non-hydrogen) atoms. The van der Waals surface area contributed by atoms with Crippen LogP contribution < -0.4 is 5.32 Å². The summed E-state index contributed by atoms with van der Waals surface area (Å²) in [6, 6.07) is 8.59. The van der Waals surface area contributed by atoms with Crippen LogP contribution in [0.4, 0.5) is 9.39 Å². The van der Waals surface area contributed by atoms with Crippen molar-refractivity contribution in [3.8, 4) is 0 Å². The Balaban J connectivity index is 1.38. The van der Waals surface area contributed by atoms with Gasteiger partial charge in [0, 0.05) is 26.2 Å². The topological polar surface area (TPSA) is 82.9 Å². The number of halogens is 2. The van der Waals surface area contributed by atoms with E-state index < -0.39 is 5.82 Å². The van der Waals surface area contributed by atoms with E-state index in [1.54, 1.807) is 28.0 Å². The quantitative estimate of drug-likeness (QED) is 0.610. The van der Waals surface area contributed by atoms with E-state index >= 15 is 0 Å². The molecular weight excluding hydrogens is 457 g/mol. The molecule has 10 heteroatoms. The Kier molecular flexibility index (Phi) is 6.29. The predicted molar refractivity (Wildman–Crippen MR) is 119 cm³/mol. The zero-order chi connectivity index (χ0) is 22.8. The van der Waals surface area contributed by atoms with Crippen LogP contribution in [-0.4, -0.2) is 53.7 Å². The van der Waals surface area contributed by atoms with Crippen molar-refractivity contribution in [2.45, 2.75) is 6.92 Å². The number of carbonyl (C=O) groups is 3. The Morgan fingerprint density at radius 3 is 2.38 bits per heavy atom. The second kappa shape index (κ2) is 9.13. The summed E-state index contributed by atoms with van der Waals surface area (Å²) in [7, 11) is 0. The van der Waals surface area contributed by atoms with Crippen LogP contribution in [0.1, 0.15) is 36.1 Å². The highest BCUT2D eigenvalue weighted by molar-refractivity contribution is 7.18. The van der Waals surface area contributed by atoms with Gasteiger partial charge in [0.2, 0.25) is 0 Å².